The summed E-state index contributed by atoms with van der Waals surface area (Å²) in [5.41, 5.74) is -0.0684. The molecule has 0 spiro atoms. The third-order valence-corrected chi connectivity index (χ3v) is 5.08. The molecule has 0 fully saturated rings. The van der Waals surface area contributed by atoms with E-state index in [1.807, 2.05) is 18.2 Å². The number of hydrogen-bond donors (Lipinski definition) is 0. The van der Waals surface area contributed by atoms with Gasteiger partial charge in [-0.05, 0) is 0 Å². The number of rotatable bonds is 3. The summed E-state index contributed by atoms with van der Waals surface area (Å²) in [5, 5.41) is 0.712. The van der Waals surface area contributed by atoms with Gasteiger partial charge in [-0.2, -0.15) is 0 Å². The zero-order valence-electron chi connectivity index (χ0n) is 9.67. The van der Waals surface area contributed by atoms with Crippen LogP contribution in [0.25, 0.3) is 9.65 Å². The molecular weight excluding hydrogens is 285 g/mol. The molecular formula is C12H13NO3Se. The van der Waals surface area contributed by atoms with Gasteiger partial charge in [0.05, 0.1) is 0 Å². The number of fused-ring (bicyclic) bond motifs is 1. The van der Waals surface area contributed by atoms with Gasteiger partial charge in [-0.15, -0.1) is 0 Å². The van der Waals surface area contributed by atoms with Crippen molar-refractivity contribution in [3.8, 4) is 0 Å². The maximum absolute atomic E-state index is 12.1. The van der Waals surface area contributed by atoms with Gasteiger partial charge in [0.15, 0.2) is 0 Å². The molecule has 1 unspecified atom stereocenters. The molecule has 1 atom stereocenters. The second-order valence-electron chi connectivity index (χ2n) is 3.65. The van der Waals surface area contributed by atoms with Crippen LogP contribution in [0.5, 0.6) is 0 Å². The third-order valence-electron chi connectivity index (χ3n) is 2.49. The Morgan fingerprint density at radius 1 is 1.47 bits per heavy atom. The molecule has 4 nitrogen and oxygen atoms in total. The number of carbonyl (C=O) groups excluding carboxylic acids is 1. The van der Waals surface area contributed by atoms with Crippen LogP contribution in [0.4, 0.5) is 0 Å². The van der Waals surface area contributed by atoms with Crippen LogP contribution in [0.2, 0.25) is 0 Å². The van der Waals surface area contributed by atoms with Gasteiger partial charge in [0, 0.05) is 0 Å². The molecule has 0 N–H and O–H groups in total. The topological polar surface area (TPSA) is 48.3 Å². The van der Waals surface area contributed by atoms with Crippen LogP contribution in [-0.2, 0) is 9.53 Å². The van der Waals surface area contributed by atoms with Crippen LogP contribution in [0.1, 0.15) is 19.9 Å². The first kappa shape index (κ1) is 12.1. The van der Waals surface area contributed by atoms with Crippen molar-refractivity contribution in [3.05, 3.63) is 34.6 Å². The quantitative estimate of drug-likeness (QED) is 0.631. The van der Waals surface area contributed by atoms with Crippen LogP contribution < -0.4 is 5.56 Å². The molecule has 0 aliphatic heterocycles. The summed E-state index contributed by atoms with van der Waals surface area (Å²) in [4.78, 5) is 23.7. The van der Waals surface area contributed by atoms with Gasteiger partial charge in [0.25, 0.3) is 0 Å². The number of benzene rings is 1. The predicted molar refractivity (Wildman–Crippen MR) is 66.5 cm³/mol. The van der Waals surface area contributed by atoms with Crippen LogP contribution in [-0.4, -0.2) is 30.9 Å². The average Bonchev–Trinajstić information content (AvgIpc) is 2.67. The van der Waals surface area contributed by atoms with Crippen molar-refractivity contribution in [1.29, 1.82) is 0 Å². The summed E-state index contributed by atoms with van der Waals surface area (Å²) in [6.07, 6.45) is 0. The Labute approximate surface area is 105 Å². The van der Waals surface area contributed by atoms with E-state index in [9.17, 15) is 9.59 Å². The molecule has 2 rings (SSSR count). The van der Waals surface area contributed by atoms with Crippen LogP contribution in [0.3, 0.4) is 0 Å². The van der Waals surface area contributed by atoms with E-state index in [0.29, 0.717) is 12.0 Å². The van der Waals surface area contributed by atoms with E-state index in [1.165, 1.54) is 0 Å². The number of carbonyl (C=O) groups is 1. The summed E-state index contributed by atoms with van der Waals surface area (Å²) in [7, 11) is 0. The van der Waals surface area contributed by atoms with Crippen molar-refractivity contribution in [2.45, 2.75) is 19.9 Å². The van der Waals surface area contributed by atoms with Crippen molar-refractivity contribution in [2.24, 2.45) is 0 Å². The minimum absolute atomic E-state index is 0.0684. The Morgan fingerprint density at radius 2 is 2.18 bits per heavy atom. The Bertz CT molecular complexity index is 599. The molecule has 0 saturated carbocycles. The normalized spacial score (nSPS) is 12.6. The summed E-state index contributed by atoms with van der Waals surface area (Å²) in [6.45, 7) is 3.81. The van der Waals surface area contributed by atoms with Gasteiger partial charge in [0.1, 0.15) is 0 Å². The summed E-state index contributed by atoms with van der Waals surface area (Å²) in [5.74, 6) is -0.337. The molecule has 0 bridgehead atoms. The summed E-state index contributed by atoms with van der Waals surface area (Å²) < 4.78 is 7.58. The third kappa shape index (κ3) is 2.21. The van der Waals surface area contributed by atoms with Crippen molar-refractivity contribution >= 4 is 30.3 Å². The van der Waals surface area contributed by atoms with E-state index in [0.717, 1.165) is 4.26 Å². The van der Waals surface area contributed by atoms with Crippen molar-refractivity contribution < 1.29 is 9.53 Å². The van der Waals surface area contributed by atoms with Crippen LogP contribution >= 0.6 is 0 Å². The van der Waals surface area contributed by atoms with Gasteiger partial charge in [-0.25, -0.2) is 0 Å². The second kappa shape index (κ2) is 4.90. The molecule has 0 radical (unpaired) electrons. The first-order valence-corrected chi connectivity index (χ1v) is 7.04. The Balaban J connectivity index is 2.46. The minimum atomic E-state index is -0.505. The van der Waals surface area contributed by atoms with Crippen molar-refractivity contribution in [1.82, 2.24) is 3.56 Å². The molecule has 0 aliphatic rings. The number of esters is 1. The molecule has 0 saturated heterocycles. The van der Waals surface area contributed by atoms with Gasteiger partial charge in [-0.3, -0.25) is 0 Å². The van der Waals surface area contributed by atoms with E-state index in [2.05, 4.69) is 0 Å². The molecule has 90 valence electrons. The standard InChI is InChI=1S/C12H13NO3Se/c1-3-16-12(15)8(2)13-11(14)9-6-4-5-7-10(9)17-13/h4-8H,3H2,1-2H3. The molecule has 0 amide bonds. The van der Waals surface area contributed by atoms with Crippen molar-refractivity contribution in [3.63, 3.8) is 0 Å². The first-order chi connectivity index (χ1) is 8.15. The van der Waals surface area contributed by atoms with Crippen LogP contribution in [0.15, 0.2) is 29.1 Å². The number of ether oxygens (including phenoxy) is 1. The number of aromatic nitrogens is 1. The van der Waals surface area contributed by atoms with Crippen LogP contribution in [0, 0.1) is 0 Å². The summed E-state index contributed by atoms with van der Waals surface area (Å²) >= 11 is -0.125. The number of hydrogen-bond acceptors (Lipinski definition) is 3. The Hall–Kier alpha value is -1.32. The molecule has 0 aliphatic carbocycles. The molecule has 1 aromatic heterocycles. The second-order valence-corrected chi connectivity index (χ2v) is 5.78. The van der Waals surface area contributed by atoms with E-state index >= 15 is 0 Å². The maximum atomic E-state index is 12.1. The van der Waals surface area contributed by atoms with Crippen molar-refractivity contribution in [2.75, 3.05) is 6.61 Å². The fourth-order valence-electron chi connectivity index (χ4n) is 1.60. The molecule has 1 heterocycles. The molecule has 5 heteroatoms. The molecule has 17 heavy (non-hydrogen) atoms. The zero-order chi connectivity index (χ0) is 12.4. The van der Waals surface area contributed by atoms with Gasteiger partial charge in [-0.1, -0.05) is 0 Å². The van der Waals surface area contributed by atoms with Gasteiger partial charge >= 0.3 is 105 Å². The van der Waals surface area contributed by atoms with E-state index in [1.54, 1.807) is 23.5 Å². The Kier molecular flexibility index (Phi) is 3.50. The fraction of sp³-hybridized carbons (Fsp3) is 0.333. The predicted octanol–water partition coefficient (Wildman–Crippen LogP) is 1.18. The van der Waals surface area contributed by atoms with E-state index in [4.69, 9.17) is 4.74 Å². The first-order valence-electron chi connectivity index (χ1n) is 5.42. The summed E-state index contributed by atoms with van der Waals surface area (Å²) in [6, 6.07) is 6.98. The van der Waals surface area contributed by atoms with Gasteiger partial charge < -0.3 is 0 Å². The number of nitrogens with zero attached hydrogens (tertiary/aromatic N) is 1. The SMILES string of the molecule is CCOC(=O)C(C)n1[se]c2ccccc2c1=O. The average molecular weight is 298 g/mol. The van der Waals surface area contributed by atoms with E-state index in [-0.39, 0.29) is 26.3 Å². The molecule has 1 aromatic carbocycles. The molecule has 2 aromatic rings. The van der Waals surface area contributed by atoms with E-state index < -0.39 is 6.04 Å². The monoisotopic (exact) mass is 299 g/mol. The van der Waals surface area contributed by atoms with Gasteiger partial charge in [0.2, 0.25) is 0 Å². The zero-order valence-corrected chi connectivity index (χ0v) is 11.4. The fourth-order valence-corrected chi connectivity index (χ4v) is 3.76. The Morgan fingerprint density at radius 3 is 2.82 bits per heavy atom.